The number of thioether (sulfide) groups is 1. The number of nitrogens with zero attached hydrogens (tertiary/aromatic N) is 1. The number of carbonyl (C=O) groups excluding carboxylic acids is 1. The van der Waals surface area contributed by atoms with E-state index < -0.39 is 5.97 Å². The molecule has 4 nitrogen and oxygen atoms in total. The lowest BCUT2D eigenvalue weighted by Gasteiger charge is -2.32. The van der Waals surface area contributed by atoms with E-state index in [0.29, 0.717) is 17.2 Å². The summed E-state index contributed by atoms with van der Waals surface area (Å²) < 4.78 is 0. The molecule has 0 radical (unpaired) electrons. The van der Waals surface area contributed by atoms with Gasteiger partial charge in [0.05, 0.1) is 11.3 Å². The monoisotopic (exact) mass is 369 g/mol. The Bertz CT molecular complexity index is 755. The molecular weight excluding hydrogens is 346 g/mol. The van der Waals surface area contributed by atoms with Gasteiger partial charge in [-0.1, -0.05) is 36.4 Å². The first-order valence-electron chi connectivity index (χ1n) is 8.90. The highest BCUT2D eigenvalue weighted by molar-refractivity contribution is 8.00. The maximum atomic E-state index is 12.4. The van der Waals surface area contributed by atoms with E-state index in [1.807, 2.05) is 47.4 Å². The van der Waals surface area contributed by atoms with E-state index in [9.17, 15) is 14.7 Å². The van der Waals surface area contributed by atoms with Crippen LogP contribution in [0.1, 0.15) is 28.8 Å². The SMILES string of the molecule is O=C(O)c1ccccc1CC1CCN(C(=O)CSc2ccccc2)CC1. The van der Waals surface area contributed by atoms with Crippen LogP contribution in [0.2, 0.25) is 0 Å². The molecule has 0 spiro atoms. The van der Waals surface area contributed by atoms with Gasteiger partial charge in [-0.05, 0) is 48.9 Å². The first-order valence-corrected chi connectivity index (χ1v) is 9.89. The Morgan fingerprint density at radius 2 is 1.65 bits per heavy atom. The smallest absolute Gasteiger partial charge is 0.335 e. The largest absolute Gasteiger partial charge is 0.478 e. The van der Waals surface area contributed by atoms with E-state index in [-0.39, 0.29) is 5.91 Å². The minimum absolute atomic E-state index is 0.184. The number of piperidine rings is 1. The molecule has 26 heavy (non-hydrogen) atoms. The van der Waals surface area contributed by atoms with Crippen molar-refractivity contribution in [3.05, 3.63) is 65.7 Å². The van der Waals surface area contributed by atoms with Crippen LogP contribution in [0.15, 0.2) is 59.5 Å². The number of likely N-dealkylation sites (tertiary alicyclic amines) is 1. The Kier molecular flexibility index (Phi) is 6.34. The van der Waals surface area contributed by atoms with Gasteiger partial charge < -0.3 is 10.0 Å². The van der Waals surface area contributed by atoms with Gasteiger partial charge in [-0.3, -0.25) is 4.79 Å². The second kappa shape index (κ2) is 8.90. The Balaban J connectivity index is 1.48. The zero-order valence-corrected chi connectivity index (χ0v) is 15.5. The molecule has 3 rings (SSSR count). The molecule has 5 heteroatoms. The van der Waals surface area contributed by atoms with Crippen molar-refractivity contribution < 1.29 is 14.7 Å². The summed E-state index contributed by atoms with van der Waals surface area (Å²) in [5.41, 5.74) is 1.29. The number of carboxylic acid groups (broad SMARTS) is 1. The van der Waals surface area contributed by atoms with Crippen molar-refractivity contribution in [3.8, 4) is 0 Å². The van der Waals surface area contributed by atoms with Crippen LogP contribution in [0.4, 0.5) is 0 Å². The summed E-state index contributed by atoms with van der Waals surface area (Å²) in [6, 6.07) is 17.2. The van der Waals surface area contributed by atoms with E-state index >= 15 is 0 Å². The third-order valence-corrected chi connectivity index (χ3v) is 5.83. The summed E-state index contributed by atoms with van der Waals surface area (Å²) in [6.07, 6.45) is 2.62. The summed E-state index contributed by atoms with van der Waals surface area (Å²) in [4.78, 5) is 26.8. The van der Waals surface area contributed by atoms with Gasteiger partial charge in [0, 0.05) is 18.0 Å². The molecule has 1 amide bonds. The predicted octanol–water partition coefficient (Wildman–Crippen LogP) is 3.96. The van der Waals surface area contributed by atoms with E-state index in [1.165, 1.54) is 0 Å². The molecule has 1 aliphatic rings. The van der Waals surface area contributed by atoms with Crippen molar-refractivity contribution in [2.45, 2.75) is 24.2 Å². The zero-order chi connectivity index (χ0) is 18.4. The molecule has 0 aliphatic carbocycles. The van der Waals surface area contributed by atoms with Crippen molar-refractivity contribution in [1.29, 1.82) is 0 Å². The highest BCUT2D eigenvalue weighted by Gasteiger charge is 2.24. The van der Waals surface area contributed by atoms with Gasteiger partial charge in [0.25, 0.3) is 0 Å². The summed E-state index contributed by atoms with van der Waals surface area (Å²) in [5, 5.41) is 9.31. The number of rotatable bonds is 6. The van der Waals surface area contributed by atoms with Crippen LogP contribution in [-0.4, -0.2) is 40.7 Å². The molecular formula is C21H23NO3S. The van der Waals surface area contributed by atoms with Crippen LogP contribution in [0.25, 0.3) is 0 Å². The minimum Gasteiger partial charge on any atom is -0.478 e. The summed E-state index contributed by atoms with van der Waals surface area (Å²) in [7, 11) is 0. The Labute approximate surface area is 158 Å². The Hall–Kier alpha value is -2.27. The van der Waals surface area contributed by atoms with Gasteiger partial charge in [0.1, 0.15) is 0 Å². The lowest BCUT2D eigenvalue weighted by atomic mass is 9.88. The van der Waals surface area contributed by atoms with Gasteiger partial charge in [0.15, 0.2) is 0 Å². The first kappa shape index (κ1) is 18.5. The van der Waals surface area contributed by atoms with E-state index in [0.717, 1.165) is 42.8 Å². The third-order valence-electron chi connectivity index (χ3n) is 4.83. The van der Waals surface area contributed by atoms with Crippen molar-refractivity contribution in [3.63, 3.8) is 0 Å². The van der Waals surface area contributed by atoms with Crippen molar-refractivity contribution in [2.75, 3.05) is 18.8 Å². The van der Waals surface area contributed by atoms with Crippen LogP contribution in [0.5, 0.6) is 0 Å². The average Bonchev–Trinajstić information content (AvgIpc) is 2.68. The quantitative estimate of drug-likeness (QED) is 0.783. The molecule has 1 saturated heterocycles. The molecule has 0 bridgehead atoms. The number of benzene rings is 2. The average molecular weight is 369 g/mol. The topological polar surface area (TPSA) is 57.6 Å². The summed E-state index contributed by atoms with van der Waals surface area (Å²) in [6.45, 7) is 1.52. The molecule has 1 heterocycles. The molecule has 2 aromatic rings. The fourth-order valence-corrected chi connectivity index (χ4v) is 4.18. The van der Waals surface area contributed by atoms with Crippen molar-refractivity contribution in [1.82, 2.24) is 4.90 Å². The molecule has 1 N–H and O–H groups in total. The van der Waals surface area contributed by atoms with Crippen LogP contribution >= 0.6 is 11.8 Å². The third kappa shape index (κ3) is 4.88. The molecule has 136 valence electrons. The summed E-state index contributed by atoms with van der Waals surface area (Å²) >= 11 is 1.57. The molecule has 0 aromatic heterocycles. The Morgan fingerprint density at radius 1 is 1.00 bits per heavy atom. The normalized spacial score (nSPS) is 15.0. The van der Waals surface area contributed by atoms with Gasteiger partial charge in [-0.25, -0.2) is 4.79 Å². The molecule has 0 unspecified atom stereocenters. The fourth-order valence-electron chi connectivity index (χ4n) is 3.36. The molecule has 1 aliphatic heterocycles. The number of aromatic carboxylic acids is 1. The summed E-state index contributed by atoms with van der Waals surface area (Å²) in [5.74, 6) is 0.215. The standard InChI is InChI=1S/C21H23NO3S/c23-20(15-26-18-7-2-1-3-8-18)22-12-10-16(11-13-22)14-17-6-4-5-9-19(17)21(24)25/h1-9,16H,10-15H2,(H,24,25). The maximum absolute atomic E-state index is 12.4. The highest BCUT2D eigenvalue weighted by Crippen LogP contribution is 2.25. The number of hydrogen-bond acceptors (Lipinski definition) is 3. The second-order valence-electron chi connectivity index (χ2n) is 6.59. The van der Waals surface area contributed by atoms with Crippen molar-refractivity contribution in [2.24, 2.45) is 5.92 Å². The molecule has 0 saturated carbocycles. The van der Waals surface area contributed by atoms with Gasteiger partial charge in [-0.15, -0.1) is 11.8 Å². The number of carbonyl (C=O) groups is 2. The van der Waals surface area contributed by atoms with Crippen LogP contribution in [-0.2, 0) is 11.2 Å². The Morgan fingerprint density at radius 3 is 2.35 bits per heavy atom. The van der Waals surface area contributed by atoms with Gasteiger partial charge >= 0.3 is 5.97 Å². The second-order valence-corrected chi connectivity index (χ2v) is 7.64. The maximum Gasteiger partial charge on any atom is 0.335 e. The highest BCUT2D eigenvalue weighted by atomic mass is 32.2. The number of hydrogen-bond donors (Lipinski definition) is 1. The molecule has 1 fully saturated rings. The van der Waals surface area contributed by atoms with E-state index in [1.54, 1.807) is 23.9 Å². The fraction of sp³-hybridized carbons (Fsp3) is 0.333. The first-order chi connectivity index (χ1) is 12.6. The number of amides is 1. The van der Waals surface area contributed by atoms with E-state index in [4.69, 9.17) is 0 Å². The number of carboxylic acids is 1. The van der Waals surface area contributed by atoms with Crippen LogP contribution in [0.3, 0.4) is 0 Å². The van der Waals surface area contributed by atoms with Crippen molar-refractivity contribution >= 4 is 23.6 Å². The lowest BCUT2D eigenvalue weighted by Crippen LogP contribution is -2.39. The lowest BCUT2D eigenvalue weighted by molar-refractivity contribution is -0.129. The van der Waals surface area contributed by atoms with E-state index in [2.05, 4.69) is 0 Å². The molecule has 2 aromatic carbocycles. The van der Waals surface area contributed by atoms with Crippen LogP contribution < -0.4 is 0 Å². The van der Waals surface area contributed by atoms with Gasteiger partial charge in [-0.2, -0.15) is 0 Å². The van der Waals surface area contributed by atoms with Crippen LogP contribution in [0, 0.1) is 5.92 Å². The molecule has 0 atom stereocenters. The predicted molar refractivity (Wildman–Crippen MR) is 104 cm³/mol. The van der Waals surface area contributed by atoms with Gasteiger partial charge in [0.2, 0.25) is 5.91 Å². The minimum atomic E-state index is -0.869. The zero-order valence-electron chi connectivity index (χ0n) is 14.6.